The van der Waals surface area contributed by atoms with Crippen LogP contribution in [0.2, 0.25) is 0 Å². The van der Waals surface area contributed by atoms with Gasteiger partial charge in [-0.25, -0.2) is 8.42 Å². The summed E-state index contributed by atoms with van der Waals surface area (Å²) in [5, 5.41) is -0.535. The predicted octanol–water partition coefficient (Wildman–Crippen LogP) is 1.04. The van der Waals surface area contributed by atoms with E-state index in [-0.39, 0.29) is 17.9 Å². The van der Waals surface area contributed by atoms with E-state index in [2.05, 4.69) is 0 Å². The van der Waals surface area contributed by atoms with Gasteiger partial charge in [-0.05, 0) is 31.7 Å². The van der Waals surface area contributed by atoms with Crippen LogP contribution in [0.3, 0.4) is 0 Å². The fourth-order valence-corrected chi connectivity index (χ4v) is 4.94. The second-order valence-corrected chi connectivity index (χ2v) is 7.23. The Morgan fingerprint density at radius 1 is 1.21 bits per heavy atom. The van der Waals surface area contributed by atoms with Gasteiger partial charge >= 0.3 is 0 Å². The highest BCUT2D eigenvalue weighted by molar-refractivity contribution is 7.92. The smallest absolute Gasteiger partial charge is 0.183 e. The molecular formula is C14H15NO3S. The van der Waals surface area contributed by atoms with Crippen molar-refractivity contribution in [3.05, 3.63) is 42.5 Å². The average molecular weight is 277 g/mol. The van der Waals surface area contributed by atoms with Gasteiger partial charge in [0.2, 0.25) is 0 Å². The fraction of sp³-hybridized carbons (Fsp3) is 0.357. The first kappa shape index (κ1) is 12.6. The standard InChI is InChI=1S/C14H15NO3S/c1-15-11-7-8-13(16)12(15)9-14(11)19(17,18)10-5-3-2-4-6-10/h2-8,11-12,14H,9H2,1H3/t11-,12-,14+/m1/s1. The first-order chi connectivity index (χ1) is 9.01. The molecule has 0 amide bonds. The third-order valence-electron chi connectivity index (χ3n) is 4.05. The van der Waals surface area contributed by atoms with Crippen molar-refractivity contribution in [2.45, 2.75) is 28.6 Å². The molecule has 0 unspecified atom stereocenters. The van der Waals surface area contributed by atoms with Gasteiger partial charge in [0.15, 0.2) is 15.6 Å². The quantitative estimate of drug-likeness (QED) is 0.810. The van der Waals surface area contributed by atoms with Crippen LogP contribution < -0.4 is 0 Å². The summed E-state index contributed by atoms with van der Waals surface area (Å²) in [5.74, 6) is 0.00418. The van der Waals surface area contributed by atoms with Crippen molar-refractivity contribution in [3.8, 4) is 0 Å². The molecule has 3 rings (SSSR count). The normalized spacial score (nSPS) is 30.8. The molecule has 4 nitrogen and oxygen atoms in total. The van der Waals surface area contributed by atoms with E-state index in [1.54, 1.807) is 36.4 Å². The maximum Gasteiger partial charge on any atom is 0.183 e. The van der Waals surface area contributed by atoms with E-state index in [9.17, 15) is 13.2 Å². The number of likely N-dealkylation sites (N-methyl/N-ethyl adjacent to an activating group) is 1. The van der Waals surface area contributed by atoms with E-state index in [4.69, 9.17) is 0 Å². The number of hydrogen-bond donors (Lipinski definition) is 0. The number of sulfone groups is 1. The summed E-state index contributed by atoms with van der Waals surface area (Å²) in [6.45, 7) is 0. The van der Waals surface area contributed by atoms with Crippen molar-refractivity contribution in [2.75, 3.05) is 7.05 Å². The first-order valence-corrected chi connectivity index (χ1v) is 7.79. The lowest BCUT2D eigenvalue weighted by Gasteiger charge is -2.26. The Morgan fingerprint density at radius 2 is 1.89 bits per heavy atom. The molecule has 1 saturated heterocycles. The van der Waals surface area contributed by atoms with Gasteiger partial charge in [0, 0.05) is 6.04 Å². The Bertz CT molecular complexity index is 636. The zero-order valence-corrected chi connectivity index (χ0v) is 11.4. The molecule has 1 aromatic rings. The maximum absolute atomic E-state index is 12.7. The minimum Gasteiger partial charge on any atom is -0.293 e. The molecule has 2 bridgehead atoms. The lowest BCUT2D eigenvalue weighted by molar-refractivity contribution is -0.119. The van der Waals surface area contributed by atoms with Crippen LogP contribution in [-0.2, 0) is 14.6 Å². The molecule has 0 aromatic heterocycles. The summed E-state index contributed by atoms with van der Waals surface area (Å²) in [6, 6.07) is 7.97. The minimum absolute atomic E-state index is 0.00418. The highest BCUT2D eigenvalue weighted by Gasteiger charge is 2.49. The third kappa shape index (κ3) is 1.84. The molecule has 0 radical (unpaired) electrons. The van der Waals surface area contributed by atoms with Gasteiger partial charge in [-0.2, -0.15) is 0 Å². The molecule has 2 aliphatic rings. The zero-order chi connectivity index (χ0) is 13.6. The number of nitrogens with zero attached hydrogens (tertiary/aromatic N) is 1. The summed E-state index contributed by atoms with van der Waals surface area (Å²) < 4.78 is 25.3. The van der Waals surface area contributed by atoms with Crippen molar-refractivity contribution in [3.63, 3.8) is 0 Å². The van der Waals surface area contributed by atoms with Crippen LogP contribution in [0.25, 0.3) is 0 Å². The van der Waals surface area contributed by atoms with Crippen LogP contribution >= 0.6 is 0 Å². The van der Waals surface area contributed by atoms with Gasteiger partial charge in [-0.3, -0.25) is 9.69 Å². The summed E-state index contributed by atoms with van der Waals surface area (Å²) >= 11 is 0. The van der Waals surface area contributed by atoms with Crippen molar-refractivity contribution < 1.29 is 13.2 Å². The molecule has 2 heterocycles. The van der Waals surface area contributed by atoms with Gasteiger partial charge in [0.1, 0.15) is 0 Å². The van der Waals surface area contributed by atoms with Crippen molar-refractivity contribution >= 4 is 15.6 Å². The van der Waals surface area contributed by atoms with E-state index in [0.717, 1.165) is 0 Å². The largest absolute Gasteiger partial charge is 0.293 e. The predicted molar refractivity (Wildman–Crippen MR) is 71.5 cm³/mol. The van der Waals surface area contributed by atoms with E-state index in [0.29, 0.717) is 11.3 Å². The van der Waals surface area contributed by atoms with E-state index < -0.39 is 15.1 Å². The van der Waals surface area contributed by atoms with E-state index in [1.165, 1.54) is 6.08 Å². The molecule has 0 saturated carbocycles. The molecule has 0 N–H and O–H groups in total. The van der Waals surface area contributed by atoms with Gasteiger partial charge in [0.25, 0.3) is 0 Å². The maximum atomic E-state index is 12.7. The third-order valence-corrected chi connectivity index (χ3v) is 6.25. The Morgan fingerprint density at radius 3 is 2.53 bits per heavy atom. The molecule has 0 aliphatic carbocycles. The van der Waals surface area contributed by atoms with E-state index >= 15 is 0 Å². The molecular weight excluding hydrogens is 262 g/mol. The van der Waals surface area contributed by atoms with Crippen LogP contribution in [0.5, 0.6) is 0 Å². The van der Waals surface area contributed by atoms with Gasteiger partial charge in [-0.1, -0.05) is 24.3 Å². The second kappa shape index (κ2) is 4.28. The van der Waals surface area contributed by atoms with Crippen molar-refractivity contribution in [1.82, 2.24) is 4.90 Å². The first-order valence-electron chi connectivity index (χ1n) is 6.25. The summed E-state index contributed by atoms with van der Waals surface area (Å²) in [7, 11) is -1.58. The van der Waals surface area contributed by atoms with Crippen LogP contribution in [-0.4, -0.2) is 43.5 Å². The van der Waals surface area contributed by atoms with Crippen LogP contribution in [0.4, 0.5) is 0 Å². The van der Waals surface area contributed by atoms with Crippen LogP contribution in [0.1, 0.15) is 6.42 Å². The fourth-order valence-electron chi connectivity index (χ4n) is 2.97. The number of benzene rings is 1. The highest BCUT2D eigenvalue weighted by atomic mass is 32.2. The van der Waals surface area contributed by atoms with Crippen molar-refractivity contribution in [1.29, 1.82) is 0 Å². The number of carbonyl (C=O) groups is 1. The lowest BCUT2D eigenvalue weighted by atomic mass is 10.1. The highest BCUT2D eigenvalue weighted by Crippen LogP contribution is 2.35. The Kier molecular flexibility index (Phi) is 2.83. The van der Waals surface area contributed by atoms with Crippen molar-refractivity contribution in [2.24, 2.45) is 0 Å². The number of fused-ring (bicyclic) bond motifs is 2. The zero-order valence-electron chi connectivity index (χ0n) is 10.6. The van der Waals surface area contributed by atoms with Crippen LogP contribution in [0.15, 0.2) is 47.4 Å². The summed E-state index contributed by atoms with van der Waals surface area (Å²) in [6.07, 6.45) is 3.62. The monoisotopic (exact) mass is 277 g/mol. The number of ketones is 1. The van der Waals surface area contributed by atoms with E-state index in [1.807, 2.05) is 11.9 Å². The Labute approximate surface area is 112 Å². The summed E-state index contributed by atoms with van der Waals surface area (Å²) in [5.41, 5.74) is 0. The molecule has 3 atom stereocenters. The van der Waals surface area contributed by atoms with Gasteiger partial charge < -0.3 is 0 Å². The molecule has 2 aliphatic heterocycles. The molecule has 1 aromatic carbocycles. The number of hydrogen-bond acceptors (Lipinski definition) is 4. The Hall–Kier alpha value is -1.46. The number of carbonyl (C=O) groups excluding carboxylic acids is 1. The molecule has 5 heteroatoms. The van der Waals surface area contributed by atoms with Gasteiger partial charge in [-0.15, -0.1) is 0 Å². The molecule has 100 valence electrons. The number of rotatable bonds is 2. The van der Waals surface area contributed by atoms with Crippen LogP contribution in [0, 0.1) is 0 Å². The SMILES string of the molecule is CN1[C@@H]2C[C@H](S(=O)(=O)c3ccccc3)[C@H]1C=CC2=O. The van der Waals surface area contributed by atoms with Gasteiger partial charge in [0.05, 0.1) is 16.2 Å². The molecule has 19 heavy (non-hydrogen) atoms. The molecule has 0 spiro atoms. The minimum atomic E-state index is -3.39. The topological polar surface area (TPSA) is 54.5 Å². The molecule has 1 fully saturated rings. The lowest BCUT2D eigenvalue weighted by Crippen LogP contribution is -2.41. The average Bonchev–Trinajstić information content (AvgIpc) is 2.63. The summed E-state index contributed by atoms with van der Waals surface area (Å²) in [4.78, 5) is 14.0. The second-order valence-electron chi connectivity index (χ2n) is 5.07. The Balaban J connectivity index is 2.01.